The van der Waals surface area contributed by atoms with E-state index in [-0.39, 0.29) is 17.2 Å². The molecule has 0 radical (unpaired) electrons. The van der Waals surface area contributed by atoms with E-state index >= 15 is 0 Å². The fourth-order valence-corrected chi connectivity index (χ4v) is 2.24. The molecular weight excluding hydrogens is 242 g/mol. The molecular formula is C14H23N3O2. The number of fused-ring (bicyclic) bond motifs is 1. The molecule has 0 spiro atoms. The van der Waals surface area contributed by atoms with Crippen LogP contribution in [0.3, 0.4) is 0 Å². The molecule has 1 aliphatic heterocycles. The Morgan fingerprint density at radius 3 is 3.05 bits per heavy atom. The summed E-state index contributed by atoms with van der Waals surface area (Å²) >= 11 is 0. The zero-order valence-electron chi connectivity index (χ0n) is 11.9. The first-order valence-corrected chi connectivity index (χ1v) is 6.82. The second-order valence-corrected chi connectivity index (χ2v) is 6.40. The Kier molecular flexibility index (Phi) is 3.94. The van der Waals surface area contributed by atoms with E-state index in [4.69, 9.17) is 0 Å². The number of aliphatic hydroxyl groups excluding tert-OH is 1. The maximum Gasteiger partial charge on any atom is 0.223 e. The van der Waals surface area contributed by atoms with Crippen molar-refractivity contribution in [3.8, 4) is 0 Å². The van der Waals surface area contributed by atoms with Crippen LogP contribution in [0.15, 0.2) is 12.5 Å². The van der Waals surface area contributed by atoms with E-state index in [1.54, 1.807) is 0 Å². The third-order valence-electron chi connectivity index (χ3n) is 3.81. The predicted octanol–water partition coefficient (Wildman–Crippen LogP) is 0.969. The van der Waals surface area contributed by atoms with Crippen LogP contribution in [0, 0.1) is 11.3 Å². The maximum atomic E-state index is 12.1. The number of hydrogen-bond donors (Lipinski definition) is 2. The van der Waals surface area contributed by atoms with Crippen molar-refractivity contribution in [1.29, 1.82) is 0 Å². The molecule has 0 saturated carbocycles. The van der Waals surface area contributed by atoms with Gasteiger partial charge >= 0.3 is 0 Å². The number of carbonyl (C=O) groups is 1. The van der Waals surface area contributed by atoms with Crippen LogP contribution in [0.1, 0.15) is 32.9 Å². The number of aliphatic hydroxyl groups is 1. The summed E-state index contributed by atoms with van der Waals surface area (Å²) in [4.78, 5) is 16.2. The quantitative estimate of drug-likeness (QED) is 0.855. The Morgan fingerprint density at radius 1 is 1.63 bits per heavy atom. The molecule has 106 valence electrons. The minimum absolute atomic E-state index is 0.00336. The van der Waals surface area contributed by atoms with Crippen LogP contribution >= 0.6 is 0 Å². The van der Waals surface area contributed by atoms with Crippen molar-refractivity contribution >= 4 is 5.91 Å². The first-order chi connectivity index (χ1) is 8.88. The summed E-state index contributed by atoms with van der Waals surface area (Å²) in [6.45, 7) is 7.04. The summed E-state index contributed by atoms with van der Waals surface area (Å²) in [6.07, 6.45) is 4.68. The van der Waals surface area contributed by atoms with Crippen LogP contribution in [-0.2, 0) is 17.8 Å². The Morgan fingerprint density at radius 2 is 2.37 bits per heavy atom. The standard InChI is InChI=1S/C14H23N3O2/c1-14(2,3)12(18)8-16-13(19)10-4-5-17-9-15-7-11(17)6-10/h7,9-10,12,18H,4-6,8H2,1-3H3,(H,16,19). The molecule has 0 aliphatic carbocycles. The summed E-state index contributed by atoms with van der Waals surface area (Å²) in [7, 11) is 0. The number of nitrogens with zero attached hydrogens (tertiary/aromatic N) is 2. The van der Waals surface area contributed by atoms with E-state index in [2.05, 4.69) is 14.9 Å². The number of hydrogen-bond acceptors (Lipinski definition) is 3. The first-order valence-electron chi connectivity index (χ1n) is 6.82. The van der Waals surface area contributed by atoms with Gasteiger partial charge in [0.15, 0.2) is 0 Å². The molecule has 1 aromatic heterocycles. The van der Waals surface area contributed by atoms with Gasteiger partial charge in [0.1, 0.15) is 0 Å². The highest BCUT2D eigenvalue weighted by molar-refractivity contribution is 5.79. The van der Waals surface area contributed by atoms with Crippen LogP contribution < -0.4 is 5.32 Å². The summed E-state index contributed by atoms with van der Waals surface area (Å²) in [5.74, 6) is 0.0344. The lowest BCUT2D eigenvalue weighted by Gasteiger charge is -2.28. The molecule has 2 rings (SSSR count). The molecule has 2 atom stereocenters. The van der Waals surface area contributed by atoms with Gasteiger partial charge in [0.25, 0.3) is 0 Å². The zero-order chi connectivity index (χ0) is 14.0. The van der Waals surface area contributed by atoms with Gasteiger partial charge in [-0.3, -0.25) is 4.79 Å². The molecule has 0 saturated heterocycles. The van der Waals surface area contributed by atoms with Gasteiger partial charge in [-0.1, -0.05) is 20.8 Å². The Bertz CT molecular complexity index is 448. The van der Waals surface area contributed by atoms with Gasteiger partial charge in [0.05, 0.1) is 12.4 Å². The van der Waals surface area contributed by atoms with Crippen LogP contribution in [0.25, 0.3) is 0 Å². The highest BCUT2D eigenvalue weighted by Crippen LogP contribution is 2.21. The molecule has 1 amide bonds. The lowest BCUT2D eigenvalue weighted by Crippen LogP contribution is -2.42. The van der Waals surface area contributed by atoms with Gasteiger partial charge < -0.3 is 15.0 Å². The van der Waals surface area contributed by atoms with Crippen molar-refractivity contribution in [2.75, 3.05) is 6.54 Å². The van der Waals surface area contributed by atoms with Gasteiger partial charge in [-0.25, -0.2) is 4.98 Å². The summed E-state index contributed by atoms with van der Waals surface area (Å²) in [5.41, 5.74) is 0.904. The molecule has 2 N–H and O–H groups in total. The molecule has 0 bridgehead atoms. The Labute approximate surface area is 114 Å². The third kappa shape index (κ3) is 3.35. The first kappa shape index (κ1) is 14.1. The molecule has 1 aliphatic rings. The van der Waals surface area contributed by atoms with Crippen molar-refractivity contribution in [2.24, 2.45) is 11.3 Å². The lowest BCUT2D eigenvalue weighted by molar-refractivity contribution is -0.126. The fourth-order valence-electron chi connectivity index (χ4n) is 2.24. The Balaban J connectivity index is 1.85. The average Bonchev–Trinajstić information content (AvgIpc) is 2.81. The fraction of sp³-hybridized carbons (Fsp3) is 0.714. The van der Waals surface area contributed by atoms with Crippen molar-refractivity contribution < 1.29 is 9.90 Å². The van der Waals surface area contributed by atoms with Gasteiger partial charge in [-0.2, -0.15) is 0 Å². The van der Waals surface area contributed by atoms with Gasteiger partial charge in [-0.05, 0) is 11.8 Å². The molecule has 2 heterocycles. The number of carbonyl (C=O) groups excluding carboxylic acids is 1. The molecule has 5 nitrogen and oxygen atoms in total. The minimum Gasteiger partial charge on any atom is -0.391 e. The van der Waals surface area contributed by atoms with Crippen LogP contribution in [0.5, 0.6) is 0 Å². The summed E-state index contributed by atoms with van der Waals surface area (Å²) in [5, 5.41) is 12.8. The zero-order valence-corrected chi connectivity index (χ0v) is 11.9. The smallest absolute Gasteiger partial charge is 0.223 e. The minimum atomic E-state index is -0.523. The third-order valence-corrected chi connectivity index (χ3v) is 3.81. The van der Waals surface area contributed by atoms with Gasteiger partial charge in [0, 0.05) is 37.3 Å². The van der Waals surface area contributed by atoms with Crippen molar-refractivity contribution in [3.63, 3.8) is 0 Å². The number of nitrogens with one attached hydrogen (secondary N) is 1. The number of rotatable bonds is 3. The number of aromatic nitrogens is 2. The second-order valence-electron chi connectivity index (χ2n) is 6.40. The molecule has 2 unspecified atom stereocenters. The van der Waals surface area contributed by atoms with Gasteiger partial charge in [-0.15, -0.1) is 0 Å². The van der Waals surface area contributed by atoms with E-state index in [9.17, 15) is 9.90 Å². The van der Waals surface area contributed by atoms with Crippen molar-refractivity contribution in [1.82, 2.24) is 14.9 Å². The molecule has 5 heteroatoms. The normalized spacial score (nSPS) is 20.7. The molecule has 1 aromatic rings. The van der Waals surface area contributed by atoms with Crippen LogP contribution in [0.4, 0.5) is 0 Å². The van der Waals surface area contributed by atoms with E-state index in [0.29, 0.717) is 6.54 Å². The number of amides is 1. The highest BCUT2D eigenvalue weighted by atomic mass is 16.3. The van der Waals surface area contributed by atoms with E-state index in [1.807, 2.05) is 33.3 Å². The van der Waals surface area contributed by atoms with Gasteiger partial charge in [0.2, 0.25) is 5.91 Å². The largest absolute Gasteiger partial charge is 0.391 e. The van der Waals surface area contributed by atoms with E-state index in [1.165, 1.54) is 0 Å². The molecule has 0 aromatic carbocycles. The maximum absolute atomic E-state index is 12.1. The van der Waals surface area contributed by atoms with Crippen LogP contribution in [0.2, 0.25) is 0 Å². The molecule has 19 heavy (non-hydrogen) atoms. The predicted molar refractivity (Wildman–Crippen MR) is 72.5 cm³/mol. The SMILES string of the molecule is CC(C)(C)C(O)CNC(=O)C1CCn2cncc2C1. The monoisotopic (exact) mass is 265 g/mol. The van der Waals surface area contributed by atoms with Crippen molar-refractivity contribution in [3.05, 3.63) is 18.2 Å². The molecule has 0 fully saturated rings. The lowest BCUT2D eigenvalue weighted by atomic mass is 9.89. The summed E-state index contributed by atoms with van der Waals surface area (Å²) in [6, 6.07) is 0. The average molecular weight is 265 g/mol. The topological polar surface area (TPSA) is 67.2 Å². The number of aryl methyl sites for hydroxylation is 1. The van der Waals surface area contributed by atoms with E-state index < -0.39 is 6.10 Å². The van der Waals surface area contributed by atoms with E-state index in [0.717, 1.165) is 25.1 Å². The Hall–Kier alpha value is -1.36. The highest BCUT2D eigenvalue weighted by Gasteiger charge is 2.27. The van der Waals surface area contributed by atoms with Crippen molar-refractivity contribution in [2.45, 2.75) is 46.3 Å². The number of imidazole rings is 1. The second kappa shape index (κ2) is 5.33. The van der Waals surface area contributed by atoms with Crippen LogP contribution in [-0.4, -0.2) is 33.2 Å². The summed E-state index contributed by atoms with van der Waals surface area (Å²) < 4.78 is 2.09.